The zero-order valence-electron chi connectivity index (χ0n) is 11.7. The van der Waals surface area contributed by atoms with Crippen LogP contribution in [0.5, 0.6) is 0 Å². The van der Waals surface area contributed by atoms with Gasteiger partial charge in [-0.2, -0.15) is 4.99 Å². The van der Waals surface area contributed by atoms with Gasteiger partial charge in [0.15, 0.2) is 5.17 Å². The van der Waals surface area contributed by atoms with Crippen LogP contribution in [0.1, 0.15) is 41.5 Å². The molecule has 0 atom stereocenters. The second-order valence-corrected chi connectivity index (χ2v) is 6.68. The van der Waals surface area contributed by atoms with Crippen molar-refractivity contribution < 1.29 is 9.59 Å². The van der Waals surface area contributed by atoms with Crippen molar-refractivity contribution in [1.82, 2.24) is 5.32 Å². The van der Waals surface area contributed by atoms with Gasteiger partial charge in [-0.3, -0.25) is 9.59 Å². The zero-order chi connectivity index (χ0) is 13.9. The monoisotopic (exact) mass is 258 g/mol. The van der Waals surface area contributed by atoms with E-state index in [0.717, 1.165) is 0 Å². The van der Waals surface area contributed by atoms with E-state index in [9.17, 15) is 9.59 Å². The maximum Gasteiger partial charge on any atom is 0.253 e. The number of nitrogens with zero attached hydrogens (tertiary/aromatic N) is 1. The predicted molar refractivity (Wildman–Crippen MR) is 73.0 cm³/mol. The van der Waals surface area contributed by atoms with Gasteiger partial charge in [0.05, 0.1) is 0 Å². The Morgan fingerprint density at radius 1 is 1.00 bits per heavy atom. The lowest BCUT2D eigenvalue weighted by Gasteiger charge is -2.18. The molecule has 0 aliphatic rings. The normalized spacial score (nSPS) is 13.5. The molecule has 0 fully saturated rings. The van der Waals surface area contributed by atoms with E-state index >= 15 is 0 Å². The first kappa shape index (κ1) is 16.2. The number of hydrogen-bond donors (Lipinski definition) is 1. The summed E-state index contributed by atoms with van der Waals surface area (Å²) < 4.78 is 0. The highest BCUT2D eigenvalue weighted by atomic mass is 32.2. The van der Waals surface area contributed by atoms with E-state index < -0.39 is 10.8 Å². The molecule has 0 aliphatic carbocycles. The summed E-state index contributed by atoms with van der Waals surface area (Å²) in [4.78, 5) is 27.4. The Morgan fingerprint density at radius 2 is 1.47 bits per heavy atom. The van der Waals surface area contributed by atoms with Crippen LogP contribution in [0.4, 0.5) is 0 Å². The number of nitrogens with one attached hydrogen (secondary N) is 1. The minimum absolute atomic E-state index is 0.146. The second kappa shape index (κ2) is 5.67. The Morgan fingerprint density at radius 3 is 1.76 bits per heavy atom. The van der Waals surface area contributed by atoms with Crippen molar-refractivity contribution in [3.8, 4) is 0 Å². The maximum atomic E-state index is 11.7. The van der Waals surface area contributed by atoms with Gasteiger partial charge in [0.2, 0.25) is 5.91 Å². The lowest BCUT2D eigenvalue weighted by Crippen LogP contribution is -2.38. The van der Waals surface area contributed by atoms with Crippen molar-refractivity contribution in [1.29, 1.82) is 0 Å². The van der Waals surface area contributed by atoms with Gasteiger partial charge in [-0.25, -0.2) is 0 Å². The molecule has 0 aromatic rings. The standard InChI is InChI=1S/C12H22N2O2S/c1-11(2,3)8(15)13-10(17-7)14-9(16)12(4,5)6/h1-7H3,(H,13,14,15,16). The molecule has 2 amide bonds. The summed E-state index contributed by atoms with van der Waals surface area (Å²) in [5, 5.41) is 3.01. The van der Waals surface area contributed by atoms with Crippen LogP contribution < -0.4 is 5.32 Å². The molecule has 0 rings (SSSR count). The summed E-state index contributed by atoms with van der Waals surface area (Å²) in [6, 6.07) is 0. The van der Waals surface area contributed by atoms with Gasteiger partial charge in [0, 0.05) is 10.8 Å². The maximum absolute atomic E-state index is 11.7. The molecule has 4 nitrogen and oxygen atoms in total. The number of amidine groups is 1. The van der Waals surface area contributed by atoms with Gasteiger partial charge in [0.1, 0.15) is 0 Å². The zero-order valence-corrected chi connectivity index (χ0v) is 12.5. The summed E-state index contributed by atoms with van der Waals surface area (Å²) >= 11 is 1.26. The number of carbonyl (C=O) groups excluding carboxylic acids is 2. The Kier molecular flexibility index (Phi) is 5.39. The van der Waals surface area contributed by atoms with Crippen molar-refractivity contribution in [2.45, 2.75) is 41.5 Å². The fraction of sp³-hybridized carbons (Fsp3) is 0.750. The molecule has 5 heteroatoms. The SMILES string of the molecule is CSC(=NC(=O)C(C)(C)C)NC(=O)C(C)(C)C. The number of aliphatic imine (C=N–C) groups is 1. The fourth-order valence-electron chi connectivity index (χ4n) is 0.669. The van der Waals surface area contributed by atoms with Gasteiger partial charge in [-0.05, 0) is 6.26 Å². The number of carbonyl (C=O) groups is 2. The molecular weight excluding hydrogens is 236 g/mol. The van der Waals surface area contributed by atoms with Crippen LogP contribution in [-0.4, -0.2) is 23.2 Å². The van der Waals surface area contributed by atoms with E-state index in [4.69, 9.17) is 0 Å². The Labute approximate surface area is 108 Å². The number of thioether (sulfide) groups is 1. The van der Waals surface area contributed by atoms with Crippen molar-refractivity contribution in [2.75, 3.05) is 6.26 Å². The summed E-state index contributed by atoms with van der Waals surface area (Å²) in [7, 11) is 0. The first-order valence-corrected chi connectivity index (χ1v) is 6.69. The van der Waals surface area contributed by atoms with Crippen molar-refractivity contribution in [3.63, 3.8) is 0 Å². The number of hydrogen-bond acceptors (Lipinski definition) is 3. The third-order valence-electron chi connectivity index (χ3n) is 1.94. The van der Waals surface area contributed by atoms with Crippen LogP contribution in [0, 0.1) is 10.8 Å². The first-order valence-electron chi connectivity index (χ1n) is 5.47. The molecule has 98 valence electrons. The predicted octanol–water partition coefficient (Wildman–Crippen LogP) is 2.44. The lowest BCUT2D eigenvalue weighted by molar-refractivity contribution is -0.126. The fourth-order valence-corrected chi connectivity index (χ4v) is 1.04. The largest absolute Gasteiger partial charge is 0.305 e. The van der Waals surface area contributed by atoms with Gasteiger partial charge in [-0.15, -0.1) is 0 Å². The first-order chi connectivity index (χ1) is 7.48. The molecule has 0 heterocycles. The Balaban J connectivity index is 4.83. The van der Waals surface area contributed by atoms with Crippen LogP contribution in [0.25, 0.3) is 0 Å². The molecule has 0 radical (unpaired) electrons. The van der Waals surface area contributed by atoms with Crippen molar-refractivity contribution in [3.05, 3.63) is 0 Å². The topological polar surface area (TPSA) is 58.5 Å². The second-order valence-electron chi connectivity index (χ2n) is 5.88. The summed E-state index contributed by atoms with van der Waals surface area (Å²) in [6.45, 7) is 10.8. The molecule has 0 saturated carbocycles. The Hall–Kier alpha value is -0.840. The summed E-state index contributed by atoms with van der Waals surface area (Å²) in [6.07, 6.45) is 1.78. The summed E-state index contributed by atoms with van der Waals surface area (Å²) in [5.41, 5.74) is -1.03. The van der Waals surface area contributed by atoms with Crippen molar-refractivity contribution in [2.24, 2.45) is 15.8 Å². The van der Waals surface area contributed by atoms with Crippen LogP contribution in [0.3, 0.4) is 0 Å². The quantitative estimate of drug-likeness (QED) is 0.536. The molecule has 0 bridgehead atoms. The van der Waals surface area contributed by atoms with E-state index in [2.05, 4.69) is 10.3 Å². The number of amides is 2. The van der Waals surface area contributed by atoms with E-state index in [-0.39, 0.29) is 11.8 Å². The minimum atomic E-state index is -0.534. The smallest absolute Gasteiger partial charge is 0.253 e. The Bertz CT molecular complexity index is 335. The van der Waals surface area contributed by atoms with Gasteiger partial charge < -0.3 is 5.32 Å². The minimum Gasteiger partial charge on any atom is -0.305 e. The molecule has 0 aromatic carbocycles. The van der Waals surface area contributed by atoms with Crippen LogP contribution >= 0.6 is 11.8 Å². The molecule has 0 aliphatic heterocycles. The molecule has 0 unspecified atom stereocenters. The summed E-state index contributed by atoms with van der Waals surface area (Å²) in [5.74, 6) is -0.386. The molecule has 0 saturated heterocycles. The average Bonchev–Trinajstić information content (AvgIpc) is 2.13. The highest BCUT2D eigenvalue weighted by Gasteiger charge is 2.25. The molecular formula is C12H22N2O2S. The highest BCUT2D eigenvalue weighted by Crippen LogP contribution is 2.17. The van der Waals surface area contributed by atoms with E-state index in [1.165, 1.54) is 11.8 Å². The molecule has 1 N–H and O–H groups in total. The van der Waals surface area contributed by atoms with E-state index in [1.54, 1.807) is 27.0 Å². The average molecular weight is 258 g/mol. The number of rotatable bonds is 0. The third-order valence-corrected chi connectivity index (χ3v) is 2.52. The van der Waals surface area contributed by atoms with Crippen LogP contribution in [-0.2, 0) is 9.59 Å². The van der Waals surface area contributed by atoms with Crippen LogP contribution in [0.2, 0.25) is 0 Å². The van der Waals surface area contributed by atoms with Crippen LogP contribution in [0.15, 0.2) is 4.99 Å². The molecule has 0 aromatic heterocycles. The lowest BCUT2D eigenvalue weighted by atomic mass is 9.96. The van der Waals surface area contributed by atoms with Gasteiger partial charge in [0.25, 0.3) is 5.91 Å². The van der Waals surface area contributed by atoms with E-state index in [0.29, 0.717) is 5.17 Å². The van der Waals surface area contributed by atoms with Gasteiger partial charge in [-0.1, -0.05) is 53.3 Å². The molecule has 0 spiro atoms. The van der Waals surface area contributed by atoms with Gasteiger partial charge >= 0.3 is 0 Å². The highest BCUT2D eigenvalue weighted by molar-refractivity contribution is 8.13. The third kappa shape index (κ3) is 5.86. The van der Waals surface area contributed by atoms with E-state index in [1.807, 2.05) is 20.8 Å². The molecule has 17 heavy (non-hydrogen) atoms. The van der Waals surface area contributed by atoms with Crippen molar-refractivity contribution >= 4 is 28.7 Å².